The predicted molar refractivity (Wildman–Crippen MR) is 120 cm³/mol. The van der Waals surface area contributed by atoms with Gasteiger partial charge in [-0.2, -0.15) is 0 Å². The van der Waals surface area contributed by atoms with E-state index >= 15 is 0 Å². The Morgan fingerprint density at radius 1 is 1.23 bits per heavy atom. The summed E-state index contributed by atoms with van der Waals surface area (Å²) < 4.78 is 19.7. The number of nitrogens with zero attached hydrogens (tertiary/aromatic N) is 3. The van der Waals surface area contributed by atoms with Gasteiger partial charge in [-0.15, -0.1) is 0 Å². The van der Waals surface area contributed by atoms with Crippen LogP contribution in [0.1, 0.15) is 25.3 Å². The number of guanidine groups is 1. The van der Waals surface area contributed by atoms with Gasteiger partial charge in [0.2, 0.25) is 0 Å². The van der Waals surface area contributed by atoms with Gasteiger partial charge < -0.3 is 20.3 Å². The topological polar surface area (TPSA) is 61.8 Å². The molecule has 1 aliphatic heterocycles. The summed E-state index contributed by atoms with van der Waals surface area (Å²) >= 11 is 0. The van der Waals surface area contributed by atoms with Gasteiger partial charge in [0.25, 0.3) is 0 Å². The molecule has 0 radical (unpaired) electrons. The number of hydrogen-bond acceptors (Lipinski definition) is 4. The lowest BCUT2D eigenvalue weighted by Crippen LogP contribution is -2.44. The lowest BCUT2D eigenvalue weighted by atomic mass is 10.2. The average molecular weight is 414 g/mol. The third kappa shape index (κ3) is 6.99. The maximum Gasteiger partial charge on any atom is 0.191 e. The Kier molecular flexibility index (Phi) is 8.90. The summed E-state index contributed by atoms with van der Waals surface area (Å²) in [4.78, 5) is 10.8. The summed E-state index contributed by atoms with van der Waals surface area (Å²) in [5, 5.41) is 6.75. The van der Waals surface area contributed by atoms with E-state index in [1.165, 1.54) is 11.6 Å². The number of hydrogen-bond donors (Lipinski definition) is 2. The molecule has 1 aromatic heterocycles. The van der Waals surface area contributed by atoms with E-state index in [4.69, 9.17) is 4.74 Å². The molecule has 0 bridgehead atoms. The normalized spacial score (nSPS) is 16.7. The third-order valence-electron chi connectivity index (χ3n) is 5.01. The standard InChI is InChI=1S/C23H32FN5O/c1-2-25-23(27-14-7-16-30-17-12-19-8-4-3-5-9-19)28-20-11-15-29(18-20)22-21(24)10-6-13-26-22/h3-6,8-10,13,20H,2,7,11-12,14-18H2,1H3,(H2,25,27,28). The van der Waals surface area contributed by atoms with Crippen molar-refractivity contribution in [3.05, 3.63) is 60.0 Å². The van der Waals surface area contributed by atoms with Crippen LogP contribution in [0.3, 0.4) is 0 Å². The Morgan fingerprint density at radius 3 is 2.90 bits per heavy atom. The van der Waals surface area contributed by atoms with Crippen molar-refractivity contribution in [2.75, 3.05) is 44.3 Å². The van der Waals surface area contributed by atoms with Crippen LogP contribution in [0.2, 0.25) is 0 Å². The van der Waals surface area contributed by atoms with Crippen LogP contribution in [0.25, 0.3) is 0 Å². The Labute approximate surface area is 178 Å². The Morgan fingerprint density at radius 2 is 2.10 bits per heavy atom. The van der Waals surface area contributed by atoms with Crippen molar-refractivity contribution in [3.8, 4) is 0 Å². The minimum atomic E-state index is -0.272. The van der Waals surface area contributed by atoms with Crippen LogP contribution >= 0.6 is 0 Å². The highest BCUT2D eigenvalue weighted by Gasteiger charge is 2.25. The highest BCUT2D eigenvalue weighted by molar-refractivity contribution is 5.80. The van der Waals surface area contributed by atoms with Crippen LogP contribution in [-0.2, 0) is 11.2 Å². The van der Waals surface area contributed by atoms with E-state index in [-0.39, 0.29) is 11.9 Å². The summed E-state index contributed by atoms with van der Waals surface area (Å²) in [6.45, 7) is 6.46. The van der Waals surface area contributed by atoms with Gasteiger partial charge in [0.15, 0.2) is 17.6 Å². The second-order valence-corrected chi connectivity index (χ2v) is 7.35. The Balaban J connectivity index is 1.36. The summed E-state index contributed by atoms with van der Waals surface area (Å²) in [5.74, 6) is 0.956. The van der Waals surface area contributed by atoms with Gasteiger partial charge in [0.05, 0.1) is 6.61 Å². The monoisotopic (exact) mass is 413 g/mol. The third-order valence-corrected chi connectivity index (χ3v) is 5.01. The van der Waals surface area contributed by atoms with E-state index in [9.17, 15) is 4.39 Å². The molecule has 1 fully saturated rings. The van der Waals surface area contributed by atoms with Gasteiger partial charge in [-0.25, -0.2) is 9.37 Å². The molecule has 0 saturated carbocycles. The number of pyridine rings is 1. The molecule has 162 valence electrons. The molecular formula is C23H32FN5O. The zero-order valence-corrected chi connectivity index (χ0v) is 17.7. The summed E-state index contributed by atoms with van der Waals surface area (Å²) in [5.41, 5.74) is 1.30. The number of nitrogens with one attached hydrogen (secondary N) is 2. The molecule has 2 aromatic rings. The van der Waals surface area contributed by atoms with Crippen molar-refractivity contribution in [1.29, 1.82) is 0 Å². The quantitative estimate of drug-likeness (QED) is 0.356. The lowest BCUT2D eigenvalue weighted by molar-refractivity contribution is 0.136. The van der Waals surface area contributed by atoms with Crippen molar-refractivity contribution < 1.29 is 9.13 Å². The van der Waals surface area contributed by atoms with E-state index in [0.717, 1.165) is 44.9 Å². The van der Waals surface area contributed by atoms with Gasteiger partial charge in [-0.05, 0) is 43.9 Å². The van der Waals surface area contributed by atoms with Gasteiger partial charge in [0.1, 0.15) is 0 Å². The fourth-order valence-corrected chi connectivity index (χ4v) is 3.49. The first-order valence-electron chi connectivity index (χ1n) is 10.8. The summed E-state index contributed by atoms with van der Waals surface area (Å²) in [7, 11) is 0. The van der Waals surface area contributed by atoms with Crippen LogP contribution in [0.4, 0.5) is 10.2 Å². The number of aliphatic imine (C=N–C) groups is 1. The fraction of sp³-hybridized carbons (Fsp3) is 0.478. The zero-order chi connectivity index (χ0) is 21.0. The lowest BCUT2D eigenvalue weighted by Gasteiger charge is -2.20. The van der Waals surface area contributed by atoms with Crippen molar-refractivity contribution in [2.24, 2.45) is 4.99 Å². The highest BCUT2D eigenvalue weighted by atomic mass is 19.1. The molecule has 0 spiro atoms. The second-order valence-electron chi connectivity index (χ2n) is 7.35. The largest absolute Gasteiger partial charge is 0.381 e. The minimum Gasteiger partial charge on any atom is -0.381 e. The van der Waals surface area contributed by atoms with Crippen molar-refractivity contribution in [1.82, 2.24) is 15.6 Å². The van der Waals surface area contributed by atoms with Gasteiger partial charge in [-0.1, -0.05) is 30.3 Å². The maximum atomic E-state index is 14.0. The van der Waals surface area contributed by atoms with Gasteiger partial charge in [0, 0.05) is 45.0 Å². The van der Waals surface area contributed by atoms with Crippen LogP contribution in [0.5, 0.6) is 0 Å². The molecule has 3 rings (SSSR count). The highest BCUT2D eigenvalue weighted by Crippen LogP contribution is 2.20. The summed E-state index contributed by atoms with van der Waals surface area (Å²) in [6, 6.07) is 13.7. The maximum absolute atomic E-state index is 14.0. The molecule has 7 heteroatoms. The molecule has 1 atom stereocenters. The molecule has 0 amide bonds. The zero-order valence-electron chi connectivity index (χ0n) is 17.7. The molecule has 1 aromatic carbocycles. The molecule has 30 heavy (non-hydrogen) atoms. The first-order chi connectivity index (χ1) is 14.8. The molecule has 1 aliphatic rings. The SMILES string of the molecule is CCNC(=NCCCOCCc1ccccc1)NC1CCN(c2ncccc2F)C1. The van der Waals surface area contributed by atoms with Crippen molar-refractivity contribution in [3.63, 3.8) is 0 Å². The fourth-order valence-electron chi connectivity index (χ4n) is 3.49. The van der Waals surface area contributed by atoms with E-state index in [0.29, 0.717) is 25.5 Å². The van der Waals surface area contributed by atoms with Gasteiger partial charge in [-0.3, -0.25) is 4.99 Å². The molecule has 6 nitrogen and oxygen atoms in total. The van der Waals surface area contributed by atoms with Crippen LogP contribution in [-0.4, -0.2) is 56.4 Å². The number of ether oxygens (including phenoxy) is 1. The van der Waals surface area contributed by atoms with Crippen molar-refractivity contribution in [2.45, 2.75) is 32.2 Å². The molecule has 2 heterocycles. The second kappa shape index (κ2) is 12.1. The number of benzene rings is 1. The predicted octanol–water partition coefficient (Wildman–Crippen LogP) is 3.00. The van der Waals surface area contributed by atoms with Gasteiger partial charge >= 0.3 is 0 Å². The Hall–Kier alpha value is -2.67. The smallest absolute Gasteiger partial charge is 0.191 e. The van der Waals surface area contributed by atoms with Crippen LogP contribution in [0.15, 0.2) is 53.7 Å². The van der Waals surface area contributed by atoms with E-state index in [1.807, 2.05) is 17.9 Å². The molecular weight excluding hydrogens is 381 g/mol. The number of aromatic nitrogens is 1. The number of rotatable bonds is 10. The van der Waals surface area contributed by atoms with E-state index in [2.05, 4.69) is 44.9 Å². The minimum absolute atomic E-state index is 0.214. The molecule has 1 unspecified atom stereocenters. The van der Waals surface area contributed by atoms with Crippen LogP contribution < -0.4 is 15.5 Å². The molecule has 2 N–H and O–H groups in total. The van der Waals surface area contributed by atoms with Crippen molar-refractivity contribution >= 4 is 11.8 Å². The van der Waals surface area contributed by atoms with E-state index in [1.54, 1.807) is 12.3 Å². The van der Waals surface area contributed by atoms with Crippen LogP contribution in [0, 0.1) is 5.82 Å². The number of halogens is 1. The Bertz CT molecular complexity index is 786. The molecule has 1 saturated heterocycles. The first-order valence-corrected chi connectivity index (χ1v) is 10.8. The van der Waals surface area contributed by atoms with E-state index < -0.39 is 0 Å². The average Bonchev–Trinajstić information content (AvgIpc) is 3.22. The number of anilines is 1. The summed E-state index contributed by atoms with van der Waals surface area (Å²) in [6.07, 6.45) is 4.36. The molecule has 0 aliphatic carbocycles. The first kappa shape index (κ1) is 22.0.